The summed E-state index contributed by atoms with van der Waals surface area (Å²) in [4.78, 5) is 23.6. The highest BCUT2D eigenvalue weighted by molar-refractivity contribution is 7.89. The Hall–Kier alpha value is -1.87. The molecule has 0 radical (unpaired) electrons. The molecule has 8 nitrogen and oxygen atoms in total. The molecule has 0 aliphatic rings. The van der Waals surface area contributed by atoms with E-state index in [2.05, 4.69) is 4.72 Å². The molecule has 0 unspecified atom stereocenters. The van der Waals surface area contributed by atoms with E-state index in [9.17, 15) is 18.0 Å². The molecule has 0 aromatic carbocycles. The summed E-state index contributed by atoms with van der Waals surface area (Å²) in [7, 11) is -0.670. The van der Waals surface area contributed by atoms with Crippen molar-refractivity contribution in [3.05, 3.63) is 18.0 Å². The minimum Gasteiger partial charge on any atom is -0.477 e. The van der Waals surface area contributed by atoms with Crippen molar-refractivity contribution in [2.24, 2.45) is 0 Å². The van der Waals surface area contributed by atoms with Crippen LogP contribution in [-0.4, -0.2) is 55.5 Å². The first-order valence-corrected chi connectivity index (χ1v) is 7.80. The van der Waals surface area contributed by atoms with E-state index in [1.807, 2.05) is 0 Å². The number of carboxylic acid groups (broad SMARTS) is 1. The minimum absolute atomic E-state index is 0.0342. The van der Waals surface area contributed by atoms with E-state index in [1.165, 1.54) is 15.7 Å². The van der Waals surface area contributed by atoms with E-state index >= 15 is 0 Å². The van der Waals surface area contributed by atoms with Crippen molar-refractivity contribution in [2.75, 3.05) is 20.6 Å². The predicted octanol–water partition coefficient (Wildman–Crippen LogP) is -0.0372. The number of nitrogens with zero attached hydrogens (tertiary/aromatic N) is 2. The molecule has 0 fully saturated rings. The number of rotatable bonds is 7. The summed E-state index contributed by atoms with van der Waals surface area (Å²) < 4.78 is 27.7. The number of aryl methyl sites for hydroxylation is 1. The van der Waals surface area contributed by atoms with Crippen LogP contribution in [0.5, 0.6) is 0 Å². The van der Waals surface area contributed by atoms with Crippen LogP contribution >= 0.6 is 0 Å². The van der Waals surface area contributed by atoms with Gasteiger partial charge in [-0.25, -0.2) is 17.9 Å². The molecule has 0 aliphatic carbocycles. The van der Waals surface area contributed by atoms with E-state index in [1.54, 1.807) is 21.0 Å². The van der Waals surface area contributed by atoms with Crippen molar-refractivity contribution in [1.29, 1.82) is 0 Å². The van der Waals surface area contributed by atoms with Gasteiger partial charge in [0.25, 0.3) is 0 Å². The van der Waals surface area contributed by atoms with Crippen LogP contribution in [-0.2, 0) is 21.4 Å². The number of hydrogen-bond donors (Lipinski definition) is 2. The molecular formula is C12H19N3O5S. The van der Waals surface area contributed by atoms with Crippen LogP contribution < -0.4 is 4.72 Å². The second kappa shape index (κ2) is 6.72. The van der Waals surface area contributed by atoms with Crippen molar-refractivity contribution in [3.63, 3.8) is 0 Å². The van der Waals surface area contributed by atoms with Gasteiger partial charge in [0.1, 0.15) is 10.6 Å². The Morgan fingerprint density at radius 1 is 1.38 bits per heavy atom. The SMILES string of the molecule is CCn1cc(S(=O)(=O)NCCC(=O)N(C)C)cc1C(=O)O. The molecule has 1 aromatic rings. The van der Waals surface area contributed by atoms with Gasteiger partial charge < -0.3 is 14.6 Å². The summed E-state index contributed by atoms with van der Waals surface area (Å²) in [5, 5.41) is 9.00. The summed E-state index contributed by atoms with van der Waals surface area (Å²) in [6.07, 6.45) is 1.30. The third-order valence-electron chi connectivity index (χ3n) is 2.87. The number of carbonyl (C=O) groups excluding carboxylic acids is 1. The molecule has 0 spiro atoms. The molecule has 118 valence electrons. The molecule has 9 heteroatoms. The lowest BCUT2D eigenvalue weighted by molar-refractivity contribution is -0.128. The Kier molecular flexibility index (Phi) is 5.50. The van der Waals surface area contributed by atoms with Crippen LogP contribution in [0.1, 0.15) is 23.8 Å². The fourth-order valence-corrected chi connectivity index (χ4v) is 2.74. The first kappa shape index (κ1) is 17.2. The van der Waals surface area contributed by atoms with Gasteiger partial charge >= 0.3 is 5.97 Å². The van der Waals surface area contributed by atoms with Crippen LogP contribution in [0.2, 0.25) is 0 Å². The number of aromatic nitrogens is 1. The third kappa shape index (κ3) is 4.30. The predicted molar refractivity (Wildman–Crippen MR) is 75.6 cm³/mol. The fourth-order valence-electron chi connectivity index (χ4n) is 1.67. The fraction of sp³-hybridized carbons (Fsp3) is 0.500. The highest BCUT2D eigenvalue weighted by Gasteiger charge is 2.21. The van der Waals surface area contributed by atoms with Gasteiger partial charge in [0.2, 0.25) is 15.9 Å². The van der Waals surface area contributed by atoms with Gasteiger partial charge in [-0.15, -0.1) is 0 Å². The van der Waals surface area contributed by atoms with Gasteiger partial charge in [-0.2, -0.15) is 0 Å². The molecule has 1 amide bonds. The number of carboxylic acids is 1. The quantitative estimate of drug-likeness (QED) is 0.733. The van der Waals surface area contributed by atoms with E-state index in [4.69, 9.17) is 5.11 Å². The molecule has 1 aromatic heterocycles. The van der Waals surface area contributed by atoms with Crippen LogP contribution in [0.25, 0.3) is 0 Å². The Morgan fingerprint density at radius 3 is 2.43 bits per heavy atom. The molecule has 1 rings (SSSR count). The van der Waals surface area contributed by atoms with Gasteiger partial charge in [0.05, 0.1) is 0 Å². The smallest absolute Gasteiger partial charge is 0.352 e. The molecule has 0 atom stereocenters. The molecule has 0 aliphatic heterocycles. The van der Waals surface area contributed by atoms with Crippen molar-refractivity contribution >= 4 is 21.9 Å². The summed E-state index contributed by atoms with van der Waals surface area (Å²) in [6, 6.07) is 1.10. The average molecular weight is 317 g/mol. The maximum atomic E-state index is 12.0. The van der Waals surface area contributed by atoms with Gasteiger partial charge in [0.15, 0.2) is 0 Å². The first-order chi connectivity index (χ1) is 9.69. The Balaban J connectivity index is 2.84. The van der Waals surface area contributed by atoms with Crippen LogP contribution in [0.4, 0.5) is 0 Å². The molecule has 1 heterocycles. The highest BCUT2D eigenvalue weighted by Crippen LogP contribution is 2.14. The number of nitrogens with one attached hydrogen (secondary N) is 1. The van der Waals surface area contributed by atoms with Gasteiger partial charge in [-0.05, 0) is 13.0 Å². The van der Waals surface area contributed by atoms with Crippen molar-refractivity contribution in [3.8, 4) is 0 Å². The molecule has 0 saturated carbocycles. The zero-order valence-corrected chi connectivity index (χ0v) is 13.0. The summed E-state index contributed by atoms with van der Waals surface area (Å²) in [5.41, 5.74) is -0.0951. The molecular weight excluding hydrogens is 298 g/mol. The van der Waals surface area contributed by atoms with Crippen LogP contribution in [0.15, 0.2) is 17.2 Å². The van der Waals surface area contributed by atoms with Crippen molar-refractivity contribution < 1.29 is 23.1 Å². The number of sulfonamides is 1. The standard InChI is InChI=1S/C12H19N3O5S/c1-4-15-8-9(7-10(15)12(17)18)21(19,20)13-6-5-11(16)14(2)3/h7-8,13H,4-6H2,1-3H3,(H,17,18). The largest absolute Gasteiger partial charge is 0.477 e. The first-order valence-electron chi connectivity index (χ1n) is 6.32. The number of amides is 1. The number of hydrogen-bond acceptors (Lipinski definition) is 4. The van der Waals surface area contributed by atoms with Crippen molar-refractivity contribution in [1.82, 2.24) is 14.2 Å². The van der Waals surface area contributed by atoms with Gasteiger partial charge in [-0.1, -0.05) is 0 Å². The maximum Gasteiger partial charge on any atom is 0.352 e. The van der Waals surface area contributed by atoms with Gasteiger partial charge in [0, 0.05) is 39.8 Å². The third-order valence-corrected chi connectivity index (χ3v) is 4.30. The monoisotopic (exact) mass is 317 g/mol. The molecule has 2 N–H and O–H groups in total. The zero-order valence-electron chi connectivity index (χ0n) is 12.2. The lowest BCUT2D eigenvalue weighted by Gasteiger charge is -2.10. The molecule has 21 heavy (non-hydrogen) atoms. The maximum absolute atomic E-state index is 12.0. The van der Waals surface area contributed by atoms with Crippen LogP contribution in [0.3, 0.4) is 0 Å². The van der Waals surface area contributed by atoms with Gasteiger partial charge in [-0.3, -0.25) is 4.79 Å². The Labute approximate surface area is 123 Å². The Bertz CT molecular complexity index is 633. The van der Waals surface area contributed by atoms with Crippen LogP contribution in [0, 0.1) is 0 Å². The summed E-state index contributed by atoms with van der Waals surface area (Å²) >= 11 is 0. The van der Waals surface area contributed by atoms with Crippen molar-refractivity contribution in [2.45, 2.75) is 24.8 Å². The minimum atomic E-state index is -3.83. The topological polar surface area (TPSA) is 109 Å². The lowest BCUT2D eigenvalue weighted by Crippen LogP contribution is -2.30. The summed E-state index contributed by atoms with van der Waals surface area (Å²) in [5.74, 6) is -1.39. The Morgan fingerprint density at radius 2 is 2.00 bits per heavy atom. The molecule has 0 saturated heterocycles. The summed E-state index contributed by atoms with van der Waals surface area (Å²) in [6.45, 7) is 2.02. The average Bonchev–Trinajstić information content (AvgIpc) is 2.83. The van der Waals surface area contributed by atoms with E-state index < -0.39 is 16.0 Å². The van der Waals surface area contributed by atoms with E-state index in [-0.39, 0.29) is 29.5 Å². The number of carbonyl (C=O) groups is 2. The molecule has 0 bridgehead atoms. The second-order valence-corrected chi connectivity index (χ2v) is 6.36. The second-order valence-electron chi connectivity index (χ2n) is 4.59. The number of aromatic carboxylic acids is 1. The normalized spacial score (nSPS) is 11.4. The highest BCUT2D eigenvalue weighted by atomic mass is 32.2. The van der Waals surface area contributed by atoms with E-state index in [0.717, 1.165) is 6.07 Å². The van der Waals surface area contributed by atoms with E-state index in [0.29, 0.717) is 6.54 Å². The zero-order chi connectivity index (χ0) is 16.2. The lowest BCUT2D eigenvalue weighted by atomic mass is 10.4.